The summed E-state index contributed by atoms with van der Waals surface area (Å²) in [6, 6.07) is 6.68. The molecule has 0 radical (unpaired) electrons. The summed E-state index contributed by atoms with van der Waals surface area (Å²) in [5.41, 5.74) is 0.911. The Kier molecular flexibility index (Phi) is 7.02. The first-order valence-electron chi connectivity index (χ1n) is 14.2. The van der Waals surface area contributed by atoms with Crippen LogP contribution in [0.3, 0.4) is 0 Å². The standard InChI is InChI=1S/C30H41N5O3/c1-6-34-18-29(13-9-10-14-29)16-24(34)26(36)33(5)23(15-20(2)3)27(37)35-19-30(17-25(35)31-4)21-11-7-8-12-22(21)32-28(30)38/h7-8,11-12,20,23-25H,6,9-10,13-19H2,1-3,5H3,(H,32,38)/t23-,24-,25-,30-/m0/s1. The van der Waals surface area contributed by atoms with Crippen LogP contribution < -0.4 is 5.32 Å². The molecule has 2 saturated heterocycles. The smallest absolute Gasteiger partial charge is 0.302 e. The number of nitrogens with one attached hydrogen (secondary N) is 1. The molecule has 204 valence electrons. The number of rotatable bonds is 6. The molecule has 1 aromatic carbocycles. The summed E-state index contributed by atoms with van der Waals surface area (Å²) in [6.45, 7) is 16.0. The molecule has 1 aliphatic carbocycles. The number of hydrogen-bond acceptors (Lipinski definition) is 4. The number of hydrogen-bond donors (Lipinski definition) is 1. The lowest BCUT2D eigenvalue weighted by Crippen LogP contribution is -2.55. The lowest BCUT2D eigenvalue weighted by atomic mass is 9.80. The number of amides is 3. The zero-order valence-electron chi connectivity index (χ0n) is 23.2. The van der Waals surface area contributed by atoms with E-state index in [9.17, 15) is 14.4 Å². The predicted octanol–water partition coefficient (Wildman–Crippen LogP) is 3.88. The second-order valence-electron chi connectivity index (χ2n) is 12.4. The summed E-state index contributed by atoms with van der Waals surface area (Å²) in [7, 11) is 1.76. The number of carbonyl (C=O) groups excluding carboxylic acids is 3. The molecule has 4 atom stereocenters. The fourth-order valence-corrected chi connectivity index (χ4v) is 7.61. The molecule has 3 fully saturated rings. The minimum absolute atomic E-state index is 0.00634. The van der Waals surface area contributed by atoms with Gasteiger partial charge in [-0.2, -0.15) is 0 Å². The summed E-state index contributed by atoms with van der Waals surface area (Å²) in [5, 5.41) is 2.96. The van der Waals surface area contributed by atoms with Gasteiger partial charge in [0.1, 0.15) is 11.5 Å². The quantitative estimate of drug-likeness (QED) is 0.579. The van der Waals surface area contributed by atoms with E-state index in [0.29, 0.717) is 6.42 Å². The predicted molar refractivity (Wildman–Crippen MR) is 146 cm³/mol. The number of para-hydroxylation sites is 1. The molecule has 1 aromatic rings. The van der Waals surface area contributed by atoms with Crippen molar-refractivity contribution in [2.24, 2.45) is 11.3 Å². The SMILES string of the molecule is [C-]#[N+][C@@H]1C[C@@]2(CN1C(=O)[C@H](CC(C)C)N(C)C(=O)[C@@H]1CC3(CCCC3)CN1CC)C(=O)Nc1ccccc12. The number of likely N-dealkylation sites (tertiary alicyclic amines) is 2. The zero-order chi connectivity index (χ0) is 27.2. The van der Waals surface area contributed by atoms with Crippen molar-refractivity contribution in [3.8, 4) is 0 Å². The van der Waals surface area contributed by atoms with Crippen molar-refractivity contribution in [2.45, 2.75) is 89.4 Å². The van der Waals surface area contributed by atoms with Crippen LogP contribution in [0.15, 0.2) is 24.3 Å². The second-order valence-corrected chi connectivity index (χ2v) is 12.4. The van der Waals surface area contributed by atoms with E-state index in [1.54, 1.807) is 16.8 Å². The van der Waals surface area contributed by atoms with Gasteiger partial charge in [-0.15, -0.1) is 0 Å². The van der Waals surface area contributed by atoms with Crippen LogP contribution in [0, 0.1) is 17.9 Å². The fraction of sp³-hybridized carbons (Fsp3) is 0.667. The van der Waals surface area contributed by atoms with E-state index in [4.69, 9.17) is 6.57 Å². The van der Waals surface area contributed by atoms with Crippen LogP contribution in [-0.4, -0.2) is 77.4 Å². The Bertz CT molecular complexity index is 1150. The van der Waals surface area contributed by atoms with E-state index in [1.165, 1.54) is 25.7 Å². The van der Waals surface area contributed by atoms with E-state index in [2.05, 4.69) is 35.8 Å². The Hall–Kier alpha value is -2.92. The molecular weight excluding hydrogens is 478 g/mol. The Morgan fingerprint density at radius 3 is 2.55 bits per heavy atom. The van der Waals surface area contributed by atoms with Crippen molar-refractivity contribution in [3.05, 3.63) is 41.2 Å². The zero-order valence-corrected chi connectivity index (χ0v) is 23.2. The average molecular weight is 520 g/mol. The number of likely N-dealkylation sites (N-methyl/N-ethyl adjacent to an activating group) is 2. The highest BCUT2D eigenvalue weighted by Crippen LogP contribution is 2.49. The third kappa shape index (κ3) is 4.29. The number of fused-ring (bicyclic) bond motifs is 2. The topological polar surface area (TPSA) is 77.3 Å². The Morgan fingerprint density at radius 2 is 1.89 bits per heavy atom. The second kappa shape index (κ2) is 10.00. The van der Waals surface area contributed by atoms with E-state index in [0.717, 1.165) is 30.8 Å². The third-order valence-corrected chi connectivity index (χ3v) is 9.64. The fourth-order valence-electron chi connectivity index (χ4n) is 7.61. The molecule has 0 unspecified atom stereocenters. The van der Waals surface area contributed by atoms with E-state index >= 15 is 0 Å². The van der Waals surface area contributed by atoms with Gasteiger partial charge >= 0.3 is 6.17 Å². The summed E-state index contributed by atoms with van der Waals surface area (Å²) >= 11 is 0. The first-order valence-corrected chi connectivity index (χ1v) is 14.2. The minimum atomic E-state index is -0.925. The molecule has 4 aliphatic rings. The molecule has 8 heteroatoms. The molecule has 0 aromatic heterocycles. The maximum absolute atomic E-state index is 14.2. The first-order chi connectivity index (χ1) is 18.1. The molecule has 5 rings (SSSR count). The normalized spacial score (nSPS) is 28.6. The summed E-state index contributed by atoms with van der Waals surface area (Å²) in [4.78, 5) is 50.8. The van der Waals surface area contributed by atoms with Crippen LogP contribution in [0.5, 0.6) is 0 Å². The van der Waals surface area contributed by atoms with Gasteiger partial charge in [-0.25, -0.2) is 6.57 Å². The number of benzene rings is 1. The Labute approximate surface area is 226 Å². The first kappa shape index (κ1) is 26.7. The van der Waals surface area contributed by atoms with E-state index < -0.39 is 17.6 Å². The van der Waals surface area contributed by atoms with Crippen molar-refractivity contribution in [3.63, 3.8) is 0 Å². The van der Waals surface area contributed by atoms with Crippen molar-refractivity contribution in [1.82, 2.24) is 14.7 Å². The molecule has 1 N–H and O–H groups in total. The van der Waals surface area contributed by atoms with Gasteiger partial charge in [0.2, 0.25) is 11.8 Å². The number of carbonyl (C=O) groups is 3. The average Bonchev–Trinajstić information content (AvgIpc) is 3.68. The van der Waals surface area contributed by atoms with Gasteiger partial charge in [0, 0.05) is 25.8 Å². The van der Waals surface area contributed by atoms with Crippen molar-refractivity contribution >= 4 is 23.4 Å². The van der Waals surface area contributed by atoms with Crippen molar-refractivity contribution < 1.29 is 14.4 Å². The maximum atomic E-state index is 14.2. The molecule has 3 aliphatic heterocycles. The van der Waals surface area contributed by atoms with Gasteiger partial charge in [0.05, 0.1) is 12.5 Å². The molecule has 38 heavy (non-hydrogen) atoms. The van der Waals surface area contributed by atoms with Crippen LogP contribution in [-0.2, 0) is 19.8 Å². The summed E-state index contributed by atoms with van der Waals surface area (Å²) < 4.78 is 0. The van der Waals surface area contributed by atoms with Crippen LogP contribution in [0.4, 0.5) is 5.69 Å². The largest absolute Gasteiger partial charge is 0.332 e. The highest BCUT2D eigenvalue weighted by molar-refractivity contribution is 6.07. The molecular formula is C30H41N5O3. The van der Waals surface area contributed by atoms with Crippen LogP contribution >= 0.6 is 0 Å². The molecule has 3 amide bonds. The number of anilines is 1. The van der Waals surface area contributed by atoms with Crippen LogP contribution in [0.2, 0.25) is 0 Å². The van der Waals surface area contributed by atoms with E-state index in [1.807, 2.05) is 24.3 Å². The highest BCUT2D eigenvalue weighted by Gasteiger charge is 2.59. The summed E-state index contributed by atoms with van der Waals surface area (Å²) in [5.74, 6) is -0.184. The minimum Gasteiger partial charge on any atom is -0.332 e. The summed E-state index contributed by atoms with van der Waals surface area (Å²) in [6.07, 6.45) is 5.73. The monoisotopic (exact) mass is 519 g/mol. The lowest BCUT2D eigenvalue weighted by Gasteiger charge is -2.35. The van der Waals surface area contributed by atoms with Gasteiger partial charge in [0.25, 0.3) is 5.91 Å². The van der Waals surface area contributed by atoms with Crippen LogP contribution in [0.25, 0.3) is 4.85 Å². The lowest BCUT2D eigenvalue weighted by molar-refractivity contribution is -0.147. The third-order valence-electron chi connectivity index (χ3n) is 9.64. The van der Waals surface area contributed by atoms with E-state index in [-0.39, 0.29) is 48.1 Å². The highest BCUT2D eigenvalue weighted by atomic mass is 16.2. The van der Waals surface area contributed by atoms with Crippen LogP contribution in [0.1, 0.15) is 71.3 Å². The van der Waals surface area contributed by atoms with Gasteiger partial charge in [-0.3, -0.25) is 29.0 Å². The van der Waals surface area contributed by atoms with Crippen molar-refractivity contribution in [2.75, 3.05) is 32.0 Å². The Morgan fingerprint density at radius 1 is 1.18 bits per heavy atom. The molecule has 3 heterocycles. The number of nitrogens with zero attached hydrogens (tertiary/aromatic N) is 4. The van der Waals surface area contributed by atoms with Gasteiger partial charge in [-0.05, 0) is 55.2 Å². The molecule has 1 saturated carbocycles. The molecule has 8 nitrogen and oxygen atoms in total. The molecule has 0 bridgehead atoms. The maximum Gasteiger partial charge on any atom is 0.302 e. The Balaban J connectivity index is 1.41. The van der Waals surface area contributed by atoms with Crippen molar-refractivity contribution in [1.29, 1.82) is 0 Å². The van der Waals surface area contributed by atoms with Gasteiger partial charge in [0.15, 0.2) is 0 Å². The van der Waals surface area contributed by atoms with Gasteiger partial charge in [-0.1, -0.05) is 51.8 Å². The molecule has 2 spiro atoms. The van der Waals surface area contributed by atoms with Gasteiger partial charge < -0.3 is 10.2 Å².